The molecule has 3 rings (SSSR count). The number of nitrogens with zero attached hydrogens (tertiary/aromatic N) is 4. The predicted octanol–water partition coefficient (Wildman–Crippen LogP) is 2.91. The highest BCUT2D eigenvalue weighted by molar-refractivity contribution is 14.0. The first-order valence-corrected chi connectivity index (χ1v) is 8.61. The maximum atomic E-state index is 4.44. The van der Waals surface area contributed by atoms with Crippen molar-refractivity contribution in [1.29, 1.82) is 0 Å². The van der Waals surface area contributed by atoms with Crippen molar-refractivity contribution in [1.82, 2.24) is 30.4 Å². The molecule has 0 bridgehead atoms. The molecule has 8 heteroatoms. The number of benzene rings is 1. The number of imidazole rings is 1. The van der Waals surface area contributed by atoms with Gasteiger partial charge < -0.3 is 15.6 Å². The summed E-state index contributed by atoms with van der Waals surface area (Å²) in [5.74, 6) is 1.59. The van der Waals surface area contributed by atoms with E-state index >= 15 is 0 Å². The molecule has 2 aromatic heterocycles. The van der Waals surface area contributed by atoms with E-state index in [4.69, 9.17) is 0 Å². The number of aromatic nitrogens is 4. The van der Waals surface area contributed by atoms with Crippen molar-refractivity contribution in [3.05, 3.63) is 59.3 Å². The van der Waals surface area contributed by atoms with Crippen LogP contribution in [0.2, 0.25) is 0 Å². The van der Waals surface area contributed by atoms with Gasteiger partial charge in [-0.2, -0.15) is 5.10 Å². The van der Waals surface area contributed by atoms with E-state index in [0.717, 1.165) is 34.4 Å². The van der Waals surface area contributed by atoms with Crippen LogP contribution < -0.4 is 10.6 Å². The molecule has 0 spiro atoms. The average molecular weight is 479 g/mol. The maximum absolute atomic E-state index is 4.44. The summed E-state index contributed by atoms with van der Waals surface area (Å²) in [5.41, 5.74) is 5.51. The Hall–Kier alpha value is -2.36. The van der Waals surface area contributed by atoms with Crippen LogP contribution in [0.15, 0.2) is 41.5 Å². The van der Waals surface area contributed by atoms with Crippen LogP contribution in [0.5, 0.6) is 0 Å². The molecule has 0 aliphatic rings. The first kappa shape index (κ1) is 20.9. The molecule has 2 heterocycles. The number of rotatable bonds is 5. The number of guanidine groups is 1. The molecule has 0 aliphatic carbocycles. The minimum Gasteiger partial charge on any atom is -0.352 e. The van der Waals surface area contributed by atoms with Crippen LogP contribution in [0.3, 0.4) is 0 Å². The summed E-state index contributed by atoms with van der Waals surface area (Å²) in [7, 11) is 3.72. The van der Waals surface area contributed by atoms with Crippen molar-refractivity contribution in [2.75, 3.05) is 7.05 Å². The Bertz CT molecular complexity index is 896. The van der Waals surface area contributed by atoms with E-state index in [0.29, 0.717) is 13.1 Å². The van der Waals surface area contributed by atoms with Crippen LogP contribution in [0, 0.1) is 13.8 Å². The fraction of sp³-hybridized carbons (Fsp3) is 0.316. The fourth-order valence-corrected chi connectivity index (χ4v) is 2.85. The summed E-state index contributed by atoms with van der Waals surface area (Å²) in [6, 6.07) is 10.2. The lowest BCUT2D eigenvalue weighted by molar-refractivity contribution is 0.728. The van der Waals surface area contributed by atoms with E-state index in [1.807, 2.05) is 43.0 Å². The average Bonchev–Trinajstić information content (AvgIpc) is 3.22. The Kier molecular flexibility index (Phi) is 7.40. The maximum Gasteiger partial charge on any atom is 0.191 e. The highest BCUT2D eigenvalue weighted by Gasteiger charge is 2.10. The van der Waals surface area contributed by atoms with Gasteiger partial charge in [-0.05, 0) is 19.4 Å². The quantitative estimate of drug-likeness (QED) is 0.299. The molecule has 3 aromatic rings. The fourth-order valence-electron chi connectivity index (χ4n) is 2.85. The molecule has 0 unspecified atom stereocenters. The third-order valence-electron chi connectivity index (χ3n) is 4.45. The van der Waals surface area contributed by atoms with Crippen LogP contribution in [0.4, 0.5) is 0 Å². The molecule has 0 aliphatic heterocycles. The zero-order valence-corrected chi connectivity index (χ0v) is 18.4. The number of halogens is 1. The van der Waals surface area contributed by atoms with Gasteiger partial charge in [-0.25, -0.2) is 4.98 Å². The second kappa shape index (κ2) is 9.54. The molecule has 0 saturated heterocycles. The normalized spacial score (nSPS) is 11.2. The summed E-state index contributed by atoms with van der Waals surface area (Å²) < 4.78 is 1.90. The molecule has 0 fully saturated rings. The van der Waals surface area contributed by atoms with Crippen LogP contribution >= 0.6 is 24.0 Å². The number of aryl methyl sites for hydroxylation is 2. The third-order valence-corrected chi connectivity index (χ3v) is 4.45. The Balaban J connectivity index is 0.00000261. The summed E-state index contributed by atoms with van der Waals surface area (Å²) >= 11 is 0. The van der Waals surface area contributed by atoms with Crippen LogP contribution in [0.1, 0.15) is 22.8 Å². The number of aromatic amines is 1. The predicted molar refractivity (Wildman–Crippen MR) is 119 cm³/mol. The minimum atomic E-state index is 0. The number of hydrogen-bond acceptors (Lipinski definition) is 3. The highest BCUT2D eigenvalue weighted by Crippen LogP contribution is 2.16. The van der Waals surface area contributed by atoms with Gasteiger partial charge >= 0.3 is 0 Å². The van der Waals surface area contributed by atoms with Gasteiger partial charge in [0, 0.05) is 31.9 Å². The van der Waals surface area contributed by atoms with E-state index in [2.05, 4.69) is 49.7 Å². The van der Waals surface area contributed by atoms with E-state index in [1.165, 1.54) is 5.56 Å². The summed E-state index contributed by atoms with van der Waals surface area (Å²) in [4.78, 5) is 12.0. The van der Waals surface area contributed by atoms with Crippen molar-refractivity contribution < 1.29 is 0 Å². The minimum absolute atomic E-state index is 0. The van der Waals surface area contributed by atoms with E-state index in [-0.39, 0.29) is 24.0 Å². The topological polar surface area (TPSA) is 82.9 Å². The second-order valence-corrected chi connectivity index (χ2v) is 6.16. The van der Waals surface area contributed by atoms with E-state index < -0.39 is 0 Å². The molecule has 7 nitrogen and oxygen atoms in total. The largest absolute Gasteiger partial charge is 0.352 e. The third kappa shape index (κ3) is 5.09. The van der Waals surface area contributed by atoms with Crippen molar-refractivity contribution in [3.63, 3.8) is 0 Å². The Morgan fingerprint density at radius 3 is 2.48 bits per heavy atom. The van der Waals surface area contributed by atoms with Gasteiger partial charge in [-0.1, -0.05) is 30.3 Å². The van der Waals surface area contributed by atoms with Gasteiger partial charge in [0.2, 0.25) is 0 Å². The summed E-state index contributed by atoms with van der Waals surface area (Å²) in [6.45, 7) is 5.34. The number of nitrogens with one attached hydrogen (secondary N) is 3. The molecule has 0 amide bonds. The Labute approximate surface area is 176 Å². The van der Waals surface area contributed by atoms with Crippen molar-refractivity contribution in [3.8, 4) is 11.3 Å². The highest BCUT2D eigenvalue weighted by atomic mass is 127. The monoisotopic (exact) mass is 479 g/mol. The van der Waals surface area contributed by atoms with Crippen LogP contribution in [-0.2, 0) is 20.1 Å². The Morgan fingerprint density at radius 2 is 1.85 bits per heavy atom. The SMILES string of the molecule is CN=C(NCc1ncc(-c2ccccc2)[nH]1)NCc1c(C)nn(C)c1C.I. The molecule has 0 saturated carbocycles. The standard InChI is InChI=1S/C19H25N7.HI/c1-13-16(14(2)26(4)25-13)10-22-19(20-3)23-12-18-21-11-17(24-18)15-8-6-5-7-9-15;/h5-9,11H,10,12H2,1-4H3,(H,21,24)(H2,20,22,23);1H. The lowest BCUT2D eigenvalue weighted by Crippen LogP contribution is -2.36. The van der Waals surface area contributed by atoms with Crippen LogP contribution in [0.25, 0.3) is 11.3 Å². The number of aliphatic imine (C=N–C) groups is 1. The zero-order valence-electron chi connectivity index (χ0n) is 16.1. The van der Waals surface area contributed by atoms with Crippen molar-refractivity contribution in [2.45, 2.75) is 26.9 Å². The number of hydrogen-bond donors (Lipinski definition) is 3. The van der Waals surface area contributed by atoms with Gasteiger partial charge in [-0.15, -0.1) is 24.0 Å². The molecule has 144 valence electrons. The lowest BCUT2D eigenvalue weighted by atomic mass is 10.2. The van der Waals surface area contributed by atoms with Gasteiger partial charge in [0.25, 0.3) is 0 Å². The second-order valence-electron chi connectivity index (χ2n) is 6.16. The molecule has 0 radical (unpaired) electrons. The first-order valence-electron chi connectivity index (χ1n) is 8.61. The van der Waals surface area contributed by atoms with Gasteiger partial charge in [0.15, 0.2) is 5.96 Å². The van der Waals surface area contributed by atoms with E-state index in [1.54, 1.807) is 7.05 Å². The summed E-state index contributed by atoms with van der Waals surface area (Å²) in [6.07, 6.45) is 1.85. The van der Waals surface area contributed by atoms with Gasteiger partial charge in [0.05, 0.1) is 24.1 Å². The van der Waals surface area contributed by atoms with Gasteiger partial charge in [0.1, 0.15) is 5.82 Å². The molecule has 0 atom stereocenters. The smallest absolute Gasteiger partial charge is 0.191 e. The molecule has 27 heavy (non-hydrogen) atoms. The number of H-pyrrole nitrogens is 1. The first-order chi connectivity index (χ1) is 12.6. The molecule has 1 aromatic carbocycles. The Morgan fingerprint density at radius 1 is 1.15 bits per heavy atom. The van der Waals surface area contributed by atoms with Gasteiger partial charge in [-0.3, -0.25) is 9.67 Å². The molecule has 3 N–H and O–H groups in total. The van der Waals surface area contributed by atoms with Crippen LogP contribution in [-0.4, -0.2) is 32.8 Å². The zero-order chi connectivity index (χ0) is 18.5. The van der Waals surface area contributed by atoms with Crippen molar-refractivity contribution in [2.24, 2.45) is 12.0 Å². The van der Waals surface area contributed by atoms with Crippen molar-refractivity contribution >= 4 is 29.9 Å². The van der Waals surface area contributed by atoms with E-state index in [9.17, 15) is 0 Å². The molecular weight excluding hydrogens is 453 g/mol. The molecular formula is C19H26IN7. The lowest BCUT2D eigenvalue weighted by Gasteiger charge is -2.11. The summed E-state index contributed by atoms with van der Waals surface area (Å²) in [5, 5.41) is 11.1.